The van der Waals surface area contributed by atoms with Crippen molar-refractivity contribution < 1.29 is 0 Å². The summed E-state index contributed by atoms with van der Waals surface area (Å²) in [5, 5.41) is 7.22. The van der Waals surface area contributed by atoms with E-state index in [4.69, 9.17) is 12.2 Å². The van der Waals surface area contributed by atoms with Crippen molar-refractivity contribution >= 4 is 23.0 Å². The van der Waals surface area contributed by atoms with Gasteiger partial charge in [-0.1, -0.05) is 52.2 Å². The normalized spacial score (nSPS) is 11.9. The Hall–Kier alpha value is -1.09. The Labute approximate surface area is 129 Å². The average molecular weight is 292 g/mol. The van der Waals surface area contributed by atoms with Crippen LogP contribution in [-0.4, -0.2) is 11.7 Å². The van der Waals surface area contributed by atoms with Crippen LogP contribution >= 0.6 is 12.2 Å². The van der Waals surface area contributed by atoms with E-state index in [1.54, 1.807) is 0 Å². The van der Waals surface area contributed by atoms with Crippen LogP contribution in [0.1, 0.15) is 64.4 Å². The van der Waals surface area contributed by atoms with E-state index in [0.29, 0.717) is 5.92 Å². The van der Waals surface area contributed by atoms with Crippen molar-refractivity contribution in [2.75, 3.05) is 11.9 Å². The van der Waals surface area contributed by atoms with Crippen LogP contribution in [0, 0.1) is 0 Å². The lowest BCUT2D eigenvalue weighted by molar-refractivity contribution is 0.655. The minimum atomic E-state index is 0.618. The molecule has 0 saturated carbocycles. The first kappa shape index (κ1) is 17.0. The number of hydrogen-bond donors (Lipinski definition) is 2. The van der Waals surface area contributed by atoms with Gasteiger partial charge in [-0.3, -0.25) is 0 Å². The molecule has 0 saturated heterocycles. The lowest BCUT2D eigenvalue weighted by Crippen LogP contribution is -2.29. The average Bonchev–Trinajstić information content (AvgIpc) is 2.47. The molecular formula is C17H28N2S. The summed E-state index contributed by atoms with van der Waals surface area (Å²) in [7, 11) is 0. The van der Waals surface area contributed by atoms with Gasteiger partial charge in [0.1, 0.15) is 0 Å². The molecule has 0 aliphatic heterocycles. The van der Waals surface area contributed by atoms with Gasteiger partial charge in [0.15, 0.2) is 5.11 Å². The summed E-state index contributed by atoms with van der Waals surface area (Å²) in [5.41, 5.74) is 2.44. The molecular weight excluding hydrogens is 264 g/mol. The molecule has 3 heteroatoms. The van der Waals surface area contributed by atoms with Gasteiger partial charge in [0.2, 0.25) is 0 Å². The SMILES string of the molecule is CCCCCCNC(=S)Nc1ccc(C(C)CC)cc1. The summed E-state index contributed by atoms with van der Waals surface area (Å²) < 4.78 is 0. The Bertz CT molecular complexity index is 386. The summed E-state index contributed by atoms with van der Waals surface area (Å²) in [5.74, 6) is 0.618. The maximum absolute atomic E-state index is 5.30. The van der Waals surface area contributed by atoms with Gasteiger partial charge in [-0.15, -0.1) is 0 Å². The lowest BCUT2D eigenvalue weighted by Gasteiger charge is -2.12. The van der Waals surface area contributed by atoms with Crippen LogP contribution in [-0.2, 0) is 0 Å². The zero-order chi connectivity index (χ0) is 14.8. The van der Waals surface area contributed by atoms with Crippen LogP contribution < -0.4 is 10.6 Å². The first-order valence-electron chi connectivity index (χ1n) is 7.82. The van der Waals surface area contributed by atoms with E-state index in [1.807, 2.05) is 0 Å². The summed E-state index contributed by atoms with van der Waals surface area (Å²) >= 11 is 5.30. The molecule has 0 heterocycles. The largest absolute Gasteiger partial charge is 0.362 e. The zero-order valence-electron chi connectivity index (χ0n) is 13.0. The predicted octanol–water partition coefficient (Wildman–Crippen LogP) is 5.07. The second-order valence-corrected chi connectivity index (χ2v) is 5.78. The third-order valence-electron chi connectivity index (χ3n) is 3.67. The molecule has 0 amide bonds. The topological polar surface area (TPSA) is 24.1 Å². The Morgan fingerprint density at radius 3 is 2.40 bits per heavy atom. The molecule has 0 aromatic heterocycles. The van der Waals surface area contributed by atoms with E-state index >= 15 is 0 Å². The molecule has 0 spiro atoms. The highest BCUT2D eigenvalue weighted by atomic mass is 32.1. The first-order chi connectivity index (χ1) is 9.67. The Morgan fingerprint density at radius 2 is 1.80 bits per heavy atom. The van der Waals surface area contributed by atoms with Gasteiger partial charge in [-0.05, 0) is 48.7 Å². The molecule has 1 aromatic rings. The van der Waals surface area contributed by atoms with Crippen molar-refractivity contribution in [3.8, 4) is 0 Å². The highest BCUT2D eigenvalue weighted by Gasteiger charge is 2.03. The zero-order valence-corrected chi connectivity index (χ0v) is 13.9. The smallest absolute Gasteiger partial charge is 0.170 e. The Kier molecular flexibility index (Phi) is 8.28. The molecule has 112 valence electrons. The molecule has 1 aromatic carbocycles. The van der Waals surface area contributed by atoms with Crippen molar-refractivity contribution in [1.29, 1.82) is 0 Å². The van der Waals surface area contributed by atoms with E-state index < -0.39 is 0 Å². The highest BCUT2D eigenvalue weighted by Crippen LogP contribution is 2.20. The minimum Gasteiger partial charge on any atom is -0.362 e. The molecule has 2 nitrogen and oxygen atoms in total. The van der Waals surface area contributed by atoms with Crippen LogP contribution in [0.25, 0.3) is 0 Å². The second kappa shape index (κ2) is 9.76. The van der Waals surface area contributed by atoms with E-state index in [0.717, 1.165) is 17.3 Å². The third-order valence-corrected chi connectivity index (χ3v) is 3.91. The van der Waals surface area contributed by atoms with Crippen LogP contribution in [0.4, 0.5) is 5.69 Å². The Morgan fingerprint density at radius 1 is 1.10 bits per heavy atom. The molecule has 1 unspecified atom stereocenters. The number of rotatable bonds is 8. The standard InChI is InChI=1S/C17H28N2S/c1-4-6-7-8-13-18-17(20)19-16-11-9-15(10-12-16)14(3)5-2/h9-12,14H,4-8,13H2,1-3H3,(H2,18,19,20). The first-order valence-corrected chi connectivity index (χ1v) is 8.23. The number of hydrogen-bond acceptors (Lipinski definition) is 1. The summed E-state index contributed by atoms with van der Waals surface area (Å²) in [6.45, 7) is 7.65. The van der Waals surface area contributed by atoms with E-state index in [-0.39, 0.29) is 0 Å². The molecule has 0 bridgehead atoms. The molecule has 1 atom stereocenters. The Balaban J connectivity index is 2.31. The van der Waals surface area contributed by atoms with E-state index in [2.05, 4.69) is 55.7 Å². The van der Waals surface area contributed by atoms with Gasteiger partial charge in [-0.2, -0.15) is 0 Å². The quantitative estimate of drug-likeness (QED) is 0.517. The van der Waals surface area contributed by atoms with Crippen molar-refractivity contribution in [2.24, 2.45) is 0 Å². The van der Waals surface area contributed by atoms with E-state index in [9.17, 15) is 0 Å². The molecule has 2 N–H and O–H groups in total. The van der Waals surface area contributed by atoms with Crippen LogP contribution in [0.2, 0.25) is 0 Å². The molecule has 20 heavy (non-hydrogen) atoms. The van der Waals surface area contributed by atoms with Gasteiger partial charge in [-0.25, -0.2) is 0 Å². The predicted molar refractivity (Wildman–Crippen MR) is 93.5 cm³/mol. The summed E-state index contributed by atoms with van der Waals surface area (Å²) in [6, 6.07) is 8.57. The van der Waals surface area contributed by atoms with Crippen LogP contribution in [0.5, 0.6) is 0 Å². The third kappa shape index (κ3) is 6.38. The number of unbranched alkanes of at least 4 members (excludes halogenated alkanes) is 3. The van der Waals surface area contributed by atoms with Crippen molar-refractivity contribution in [3.05, 3.63) is 29.8 Å². The molecule has 0 aliphatic carbocycles. The van der Waals surface area contributed by atoms with Gasteiger partial charge in [0.05, 0.1) is 0 Å². The fourth-order valence-electron chi connectivity index (χ4n) is 2.06. The molecule has 0 fully saturated rings. The number of thiocarbonyl (C=S) groups is 1. The van der Waals surface area contributed by atoms with Crippen LogP contribution in [0.15, 0.2) is 24.3 Å². The second-order valence-electron chi connectivity index (χ2n) is 5.37. The van der Waals surface area contributed by atoms with Gasteiger partial charge in [0.25, 0.3) is 0 Å². The lowest BCUT2D eigenvalue weighted by atomic mass is 9.99. The minimum absolute atomic E-state index is 0.618. The monoisotopic (exact) mass is 292 g/mol. The highest BCUT2D eigenvalue weighted by molar-refractivity contribution is 7.80. The molecule has 0 aliphatic rings. The summed E-state index contributed by atoms with van der Waals surface area (Å²) in [4.78, 5) is 0. The number of benzene rings is 1. The van der Waals surface area contributed by atoms with Gasteiger partial charge < -0.3 is 10.6 Å². The molecule has 1 rings (SSSR count). The molecule has 0 radical (unpaired) electrons. The maximum atomic E-state index is 5.30. The fraction of sp³-hybridized carbons (Fsp3) is 0.588. The van der Waals surface area contributed by atoms with Gasteiger partial charge in [0, 0.05) is 12.2 Å². The van der Waals surface area contributed by atoms with Crippen molar-refractivity contribution in [2.45, 2.75) is 58.8 Å². The van der Waals surface area contributed by atoms with Crippen molar-refractivity contribution in [1.82, 2.24) is 5.32 Å². The maximum Gasteiger partial charge on any atom is 0.170 e. The van der Waals surface area contributed by atoms with E-state index in [1.165, 1.54) is 37.7 Å². The van der Waals surface area contributed by atoms with Crippen molar-refractivity contribution in [3.63, 3.8) is 0 Å². The van der Waals surface area contributed by atoms with Crippen LogP contribution in [0.3, 0.4) is 0 Å². The summed E-state index contributed by atoms with van der Waals surface area (Å²) in [6.07, 6.45) is 6.20. The number of anilines is 1. The number of nitrogens with one attached hydrogen (secondary N) is 2. The fourth-order valence-corrected chi connectivity index (χ4v) is 2.28. The van der Waals surface area contributed by atoms with Gasteiger partial charge >= 0.3 is 0 Å².